The van der Waals surface area contributed by atoms with Crippen molar-refractivity contribution in [1.82, 2.24) is 0 Å². The first-order valence-electron chi connectivity index (χ1n) is 5.37. The zero-order valence-corrected chi connectivity index (χ0v) is 12.2. The Morgan fingerprint density at radius 1 is 1.50 bits per heavy atom. The third kappa shape index (κ3) is 4.04. The molecule has 0 N–H and O–H groups in total. The van der Waals surface area contributed by atoms with Crippen molar-refractivity contribution in [1.29, 1.82) is 0 Å². The summed E-state index contributed by atoms with van der Waals surface area (Å²) >= 11 is 1.78. The van der Waals surface area contributed by atoms with Gasteiger partial charge in [0.1, 0.15) is 0 Å². The maximum atomic E-state index is 13.5. The number of carbonyl (C=O) groups is 1. The Kier molecular flexibility index (Phi) is 5.25. The van der Waals surface area contributed by atoms with Gasteiger partial charge < -0.3 is 4.74 Å². The highest BCUT2D eigenvalue weighted by molar-refractivity contribution is 14.1. The van der Waals surface area contributed by atoms with Crippen LogP contribution in [0.2, 0.25) is 0 Å². The number of alkyl halides is 2. The highest BCUT2D eigenvalue weighted by Crippen LogP contribution is 2.29. The van der Waals surface area contributed by atoms with E-state index in [0.717, 1.165) is 5.56 Å². The van der Waals surface area contributed by atoms with Crippen LogP contribution in [0.4, 0.5) is 8.78 Å². The minimum atomic E-state index is -3.60. The summed E-state index contributed by atoms with van der Waals surface area (Å²) in [6.45, 7) is 3.30. The van der Waals surface area contributed by atoms with Crippen molar-refractivity contribution >= 4 is 32.1 Å². The summed E-state index contributed by atoms with van der Waals surface area (Å²) in [6.07, 6.45) is 0.625. The number of rotatable bonds is 4. The molecule has 0 amide bonds. The van der Waals surface area contributed by atoms with Crippen molar-refractivity contribution < 1.29 is 18.3 Å². The average molecular weight is 366 g/mol. The quantitative estimate of drug-likeness (QED) is 0.596. The standard InChI is InChI=1S/C13H13F2IO2/c1-3-18-12(17)13(14,15)8-11(16)10-6-4-5-9(2)7-10/h4-8H,3H2,1-2H3/b11-8-. The Bertz CT molecular complexity index is 470. The Morgan fingerprint density at radius 3 is 2.72 bits per heavy atom. The van der Waals surface area contributed by atoms with Gasteiger partial charge in [-0.3, -0.25) is 0 Å². The smallest absolute Gasteiger partial charge is 0.381 e. The number of hydrogen-bond donors (Lipinski definition) is 0. The Hall–Kier alpha value is -0.980. The summed E-state index contributed by atoms with van der Waals surface area (Å²) < 4.78 is 31.6. The maximum absolute atomic E-state index is 13.5. The van der Waals surface area contributed by atoms with Crippen LogP contribution >= 0.6 is 22.6 Å². The number of hydrogen-bond acceptors (Lipinski definition) is 2. The second-order valence-electron chi connectivity index (χ2n) is 3.71. The SMILES string of the molecule is CCOC(=O)C(F)(F)/C=C(\I)c1cccc(C)c1. The molecule has 1 rings (SSSR count). The predicted molar refractivity (Wildman–Crippen MR) is 74.8 cm³/mol. The molecule has 5 heteroatoms. The fourth-order valence-electron chi connectivity index (χ4n) is 1.32. The van der Waals surface area contributed by atoms with E-state index in [-0.39, 0.29) is 6.61 Å². The summed E-state index contributed by atoms with van der Waals surface area (Å²) in [5, 5.41) is 0. The molecule has 0 aliphatic rings. The molecule has 0 aromatic heterocycles. The van der Waals surface area contributed by atoms with Gasteiger partial charge in [-0.25, -0.2) is 4.79 Å². The zero-order valence-electron chi connectivity index (χ0n) is 10.0. The summed E-state index contributed by atoms with van der Waals surface area (Å²) in [7, 11) is 0. The molecule has 0 bridgehead atoms. The average Bonchev–Trinajstić information content (AvgIpc) is 2.28. The highest BCUT2D eigenvalue weighted by atomic mass is 127. The van der Waals surface area contributed by atoms with Crippen molar-refractivity contribution in [2.24, 2.45) is 0 Å². The molecule has 0 heterocycles. The van der Waals surface area contributed by atoms with Crippen LogP contribution in [-0.2, 0) is 9.53 Å². The largest absolute Gasteiger partial charge is 0.461 e. The molecular weight excluding hydrogens is 353 g/mol. The van der Waals surface area contributed by atoms with Crippen molar-refractivity contribution in [3.05, 3.63) is 41.5 Å². The van der Waals surface area contributed by atoms with Crippen molar-refractivity contribution in [2.75, 3.05) is 6.61 Å². The van der Waals surface area contributed by atoms with Crippen LogP contribution in [0.1, 0.15) is 18.1 Å². The molecular formula is C13H13F2IO2. The molecule has 0 spiro atoms. The maximum Gasteiger partial charge on any atom is 0.381 e. The molecule has 0 unspecified atom stereocenters. The summed E-state index contributed by atoms with van der Waals surface area (Å²) in [4.78, 5) is 11.1. The molecule has 98 valence electrons. The number of esters is 1. The Balaban J connectivity index is 2.98. The van der Waals surface area contributed by atoms with E-state index in [1.54, 1.807) is 40.8 Å². The van der Waals surface area contributed by atoms with Crippen LogP contribution in [0, 0.1) is 6.92 Å². The number of ether oxygens (including phenoxy) is 1. The van der Waals surface area contributed by atoms with Gasteiger partial charge in [0.05, 0.1) is 6.61 Å². The van der Waals surface area contributed by atoms with Gasteiger partial charge in [-0.15, -0.1) is 0 Å². The topological polar surface area (TPSA) is 26.3 Å². The van der Waals surface area contributed by atoms with Gasteiger partial charge in [0.2, 0.25) is 0 Å². The first-order valence-corrected chi connectivity index (χ1v) is 6.45. The lowest BCUT2D eigenvalue weighted by Crippen LogP contribution is -2.28. The van der Waals surface area contributed by atoms with Crippen molar-refractivity contribution in [2.45, 2.75) is 19.8 Å². The van der Waals surface area contributed by atoms with E-state index in [1.807, 2.05) is 13.0 Å². The molecule has 1 aromatic carbocycles. The third-order valence-electron chi connectivity index (χ3n) is 2.15. The van der Waals surface area contributed by atoms with Gasteiger partial charge in [-0.05, 0) is 42.0 Å². The molecule has 0 atom stereocenters. The minimum absolute atomic E-state index is 0.0662. The predicted octanol–water partition coefficient (Wildman–Crippen LogP) is 3.97. The zero-order chi connectivity index (χ0) is 13.8. The molecule has 0 fully saturated rings. The van der Waals surface area contributed by atoms with Crippen molar-refractivity contribution in [3.63, 3.8) is 0 Å². The van der Waals surface area contributed by atoms with Gasteiger partial charge in [-0.2, -0.15) is 8.78 Å². The first-order chi connectivity index (χ1) is 8.36. The lowest BCUT2D eigenvalue weighted by atomic mass is 10.1. The molecule has 1 aromatic rings. The second-order valence-corrected chi connectivity index (χ2v) is 4.87. The molecule has 0 aliphatic heterocycles. The molecule has 2 nitrogen and oxygen atoms in total. The highest BCUT2D eigenvalue weighted by Gasteiger charge is 2.38. The normalized spacial score (nSPS) is 12.4. The molecule has 0 aliphatic carbocycles. The van der Waals surface area contributed by atoms with Gasteiger partial charge in [-0.1, -0.05) is 29.8 Å². The van der Waals surface area contributed by atoms with Gasteiger partial charge in [0.25, 0.3) is 0 Å². The van der Waals surface area contributed by atoms with E-state index in [9.17, 15) is 13.6 Å². The fraction of sp³-hybridized carbons (Fsp3) is 0.308. The van der Waals surface area contributed by atoms with Crippen LogP contribution in [0.3, 0.4) is 0 Å². The molecule has 0 radical (unpaired) electrons. The summed E-state index contributed by atoms with van der Waals surface area (Å²) in [5.41, 5.74) is 1.62. The van der Waals surface area contributed by atoms with E-state index in [2.05, 4.69) is 4.74 Å². The first kappa shape index (κ1) is 15.1. The van der Waals surface area contributed by atoms with Gasteiger partial charge in [0.15, 0.2) is 0 Å². The number of aryl methyl sites for hydroxylation is 1. The van der Waals surface area contributed by atoms with Crippen LogP contribution < -0.4 is 0 Å². The summed E-state index contributed by atoms with van der Waals surface area (Å²) in [5.74, 6) is -5.12. The van der Waals surface area contributed by atoms with Crippen LogP contribution in [-0.4, -0.2) is 18.5 Å². The molecule has 18 heavy (non-hydrogen) atoms. The Morgan fingerprint density at radius 2 is 2.17 bits per heavy atom. The van der Waals surface area contributed by atoms with Crippen molar-refractivity contribution in [3.8, 4) is 0 Å². The van der Waals surface area contributed by atoms with Crippen LogP contribution in [0.15, 0.2) is 30.3 Å². The fourth-order valence-corrected chi connectivity index (χ4v) is 2.05. The van der Waals surface area contributed by atoms with Crippen LogP contribution in [0.25, 0.3) is 3.58 Å². The summed E-state index contributed by atoms with van der Waals surface area (Å²) in [6, 6.07) is 7.14. The monoisotopic (exact) mass is 366 g/mol. The van der Waals surface area contributed by atoms with Gasteiger partial charge >= 0.3 is 11.9 Å². The minimum Gasteiger partial charge on any atom is -0.461 e. The lowest BCUT2D eigenvalue weighted by molar-refractivity contribution is -0.164. The third-order valence-corrected chi connectivity index (χ3v) is 3.08. The van der Waals surface area contributed by atoms with Gasteiger partial charge in [0, 0.05) is 9.66 Å². The second kappa shape index (κ2) is 6.26. The molecule has 0 saturated carbocycles. The number of benzene rings is 1. The van der Waals surface area contributed by atoms with Crippen LogP contribution in [0.5, 0.6) is 0 Å². The van der Waals surface area contributed by atoms with E-state index in [0.29, 0.717) is 15.2 Å². The van der Waals surface area contributed by atoms with E-state index >= 15 is 0 Å². The Labute approximate surface area is 118 Å². The van der Waals surface area contributed by atoms with E-state index in [4.69, 9.17) is 0 Å². The number of carbonyl (C=O) groups excluding carboxylic acids is 1. The number of halogens is 3. The van der Waals surface area contributed by atoms with E-state index < -0.39 is 11.9 Å². The van der Waals surface area contributed by atoms with E-state index in [1.165, 1.54) is 6.92 Å². The molecule has 0 saturated heterocycles. The lowest BCUT2D eigenvalue weighted by Gasteiger charge is -2.11.